The molecule has 0 aliphatic carbocycles. The van der Waals surface area contributed by atoms with Gasteiger partial charge in [-0.25, -0.2) is 4.79 Å². The SMILES string of the molecule is CCCCC(Oc1cc(C)ccc1C)C(=O)O. The fraction of sp³-hybridized carbons (Fsp3) is 0.500. The molecule has 0 fully saturated rings. The van der Waals surface area contributed by atoms with E-state index in [2.05, 4.69) is 0 Å². The van der Waals surface area contributed by atoms with Crippen molar-refractivity contribution in [2.24, 2.45) is 0 Å². The fourth-order valence-electron chi connectivity index (χ4n) is 1.61. The number of unbranched alkanes of at least 4 members (excludes halogenated alkanes) is 1. The van der Waals surface area contributed by atoms with E-state index in [1.165, 1.54) is 0 Å². The van der Waals surface area contributed by atoms with Gasteiger partial charge >= 0.3 is 5.97 Å². The molecule has 0 saturated heterocycles. The molecule has 1 aromatic carbocycles. The Hall–Kier alpha value is -1.51. The molecule has 1 unspecified atom stereocenters. The van der Waals surface area contributed by atoms with Crippen LogP contribution in [0, 0.1) is 13.8 Å². The summed E-state index contributed by atoms with van der Waals surface area (Å²) in [5, 5.41) is 9.10. The van der Waals surface area contributed by atoms with Gasteiger partial charge in [-0.2, -0.15) is 0 Å². The van der Waals surface area contributed by atoms with Crippen LogP contribution in [0.4, 0.5) is 0 Å². The molecule has 1 aromatic rings. The van der Waals surface area contributed by atoms with E-state index in [1.54, 1.807) is 0 Å². The molecule has 0 saturated carbocycles. The molecule has 0 heterocycles. The van der Waals surface area contributed by atoms with Crippen LogP contribution in [-0.4, -0.2) is 17.2 Å². The maximum atomic E-state index is 11.1. The van der Waals surface area contributed by atoms with Crippen LogP contribution in [0.15, 0.2) is 18.2 Å². The number of rotatable bonds is 6. The first-order valence-electron chi connectivity index (χ1n) is 6.01. The molecule has 0 spiro atoms. The first kappa shape index (κ1) is 13.6. The van der Waals surface area contributed by atoms with Crippen molar-refractivity contribution < 1.29 is 14.6 Å². The average Bonchev–Trinajstić information content (AvgIpc) is 2.28. The van der Waals surface area contributed by atoms with Gasteiger partial charge in [0.05, 0.1) is 0 Å². The van der Waals surface area contributed by atoms with Gasteiger partial charge in [0.25, 0.3) is 0 Å². The lowest BCUT2D eigenvalue weighted by atomic mass is 10.1. The minimum absolute atomic E-state index is 0.555. The van der Waals surface area contributed by atoms with Gasteiger partial charge in [-0.15, -0.1) is 0 Å². The van der Waals surface area contributed by atoms with Crippen molar-refractivity contribution in [2.45, 2.75) is 46.1 Å². The Balaban J connectivity index is 2.78. The number of benzene rings is 1. The highest BCUT2D eigenvalue weighted by atomic mass is 16.5. The minimum atomic E-state index is -0.889. The third-order valence-electron chi connectivity index (χ3n) is 2.71. The van der Waals surface area contributed by atoms with Gasteiger partial charge in [-0.1, -0.05) is 25.5 Å². The number of carboxylic acid groups (broad SMARTS) is 1. The number of hydrogen-bond acceptors (Lipinski definition) is 2. The Kier molecular flexibility index (Phi) is 5.01. The van der Waals surface area contributed by atoms with Crippen LogP contribution >= 0.6 is 0 Å². The molecule has 0 aromatic heterocycles. The maximum absolute atomic E-state index is 11.1. The third kappa shape index (κ3) is 4.10. The number of aryl methyl sites for hydroxylation is 2. The Morgan fingerprint density at radius 1 is 1.41 bits per heavy atom. The summed E-state index contributed by atoms with van der Waals surface area (Å²) in [5.41, 5.74) is 2.04. The Morgan fingerprint density at radius 3 is 2.71 bits per heavy atom. The number of carbonyl (C=O) groups is 1. The average molecular weight is 236 g/mol. The van der Waals surface area contributed by atoms with Crippen molar-refractivity contribution in [3.05, 3.63) is 29.3 Å². The maximum Gasteiger partial charge on any atom is 0.344 e. The van der Waals surface area contributed by atoms with E-state index >= 15 is 0 Å². The Morgan fingerprint density at radius 2 is 2.12 bits per heavy atom. The highest BCUT2D eigenvalue weighted by molar-refractivity contribution is 5.72. The highest BCUT2D eigenvalue weighted by Gasteiger charge is 2.19. The number of hydrogen-bond donors (Lipinski definition) is 1. The number of aliphatic carboxylic acids is 1. The van der Waals surface area contributed by atoms with Crippen LogP contribution < -0.4 is 4.74 Å². The molecular weight excluding hydrogens is 216 g/mol. The van der Waals surface area contributed by atoms with E-state index < -0.39 is 12.1 Å². The third-order valence-corrected chi connectivity index (χ3v) is 2.71. The second-order valence-electron chi connectivity index (χ2n) is 4.36. The molecule has 1 N–H and O–H groups in total. The second-order valence-corrected chi connectivity index (χ2v) is 4.36. The van der Waals surface area contributed by atoms with Crippen molar-refractivity contribution >= 4 is 5.97 Å². The van der Waals surface area contributed by atoms with Crippen LogP contribution in [0.2, 0.25) is 0 Å². The molecule has 0 aliphatic rings. The predicted molar refractivity (Wildman–Crippen MR) is 67.5 cm³/mol. The molecule has 3 nitrogen and oxygen atoms in total. The van der Waals surface area contributed by atoms with E-state index in [0.717, 1.165) is 24.0 Å². The summed E-state index contributed by atoms with van der Waals surface area (Å²) < 4.78 is 5.59. The molecule has 17 heavy (non-hydrogen) atoms. The zero-order valence-electron chi connectivity index (χ0n) is 10.7. The van der Waals surface area contributed by atoms with Gasteiger partial charge in [0, 0.05) is 0 Å². The molecule has 0 amide bonds. The largest absolute Gasteiger partial charge is 0.479 e. The molecule has 0 bridgehead atoms. The van der Waals surface area contributed by atoms with Crippen LogP contribution in [-0.2, 0) is 4.79 Å². The molecule has 1 atom stereocenters. The zero-order chi connectivity index (χ0) is 12.8. The van der Waals surface area contributed by atoms with Crippen LogP contribution in [0.25, 0.3) is 0 Å². The molecular formula is C14H20O3. The van der Waals surface area contributed by atoms with E-state index in [4.69, 9.17) is 9.84 Å². The monoisotopic (exact) mass is 236 g/mol. The summed E-state index contributed by atoms with van der Waals surface area (Å²) in [6.45, 7) is 5.93. The van der Waals surface area contributed by atoms with Crippen molar-refractivity contribution in [2.75, 3.05) is 0 Å². The van der Waals surface area contributed by atoms with Gasteiger partial charge in [0.15, 0.2) is 6.10 Å². The number of ether oxygens (including phenoxy) is 1. The van der Waals surface area contributed by atoms with E-state index in [0.29, 0.717) is 12.2 Å². The van der Waals surface area contributed by atoms with Gasteiger partial charge in [0.1, 0.15) is 5.75 Å². The summed E-state index contributed by atoms with van der Waals surface area (Å²) in [7, 11) is 0. The minimum Gasteiger partial charge on any atom is -0.479 e. The lowest BCUT2D eigenvalue weighted by Crippen LogP contribution is -2.27. The zero-order valence-corrected chi connectivity index (χ0v) is 10.7. The van der Waals surface area contributed by atoms with Crippen molar-refractivity contribution in [1.82, 2.24) is 0 Å². The summed E-state index contributed by atoms with van der Waals surface area (Å²) in [6.07, 6.45) is 1.65. The quantitative estimate of drug-likeness (QED) is 0.824. The molecule has 3 heteroatoms. The van der Waals surface area contributed by atoms with E-state index in [9.17, 15) is 4.79 Å². The van der Waals surface area contributed by atoms with Gasteiger partial charge < -0.3 is 9.84 Å². The molecule has 0 radical (unpaired) electrons. The molecule has 1 rings (SSSR count). The van der Waals surface area contributed by atoms with Crippen LogP contribution in [0.3, 0.4) is 0 Å². The number of carboxylic acids is 1. The first-order valence-corrected chi connectivity index (χ1v) is 6.01. The van der Waals surface area contributed by atoms with Crippen molar-refractivity contribution in [3.8, 4) is 5.75 Å². The Bertz CT molecular complexity index is 385. The normalized spacial score (nSPS) is 12.2. The summed E-state index contributed by atoms with van der Waals surface area (Å²) in [6, 6.07) is 5.82. The highest BCUT2D eigenvalue weighted by Crippen LogP contribution is 2.21. The van der Waals surface area contributed by atoms with Crippen LogP contribution in [0.5, 0.6) is 5.75 Å². The molecule has 94 valence electrons. The van der Waals surface area contributed by atoms with Gasteiger partial charge in [-0.05, 0) is 43.9 Å². The lowest BCUT2D eigenvalue weighted by molar-refractivity contribution is -0.145. The van der Waals surface area contributed by atoms with E-state index in [-0.39, 0.29) is 0 Å². The van der Waals surface area contributed by atoms with Gasteiger partial charge in [-0.3, -0.25) is 0 Å². The molecule has 0 aliphatic heterocycles. The summed E-state index contributed by atoms with van der Waals surface area (Å²) in [4.78, 5) is 11.1. The predicted octanol–water partition coefficient (Wildman–Crippen LogP) is 3.33. The fourth-order valence-corrected chi connectivity index (χ4v) is 1.61. The summed E-state index contributed by atoms with van der Waals surface area (Å²) in [5.74, 6) is -0.215. The van der Waals surface area contributed by atoms with Crippen LogP contribution in [0.1, 0.15) is 37.3 Å². The van der Waals surface area contributed by atoms with Crippen molar-refractivity contribution in [1.29, 1.82) is 0 Å². The smallest absolute Gasteiger partial charge is 0.344 e. The first-order chi connectivity index (χ1) is 8.04. The second kappa shape index (κ2) is 6.28. The topological polar surface area (TPSA) is 46.5 Å². The Labute approximate surface area is 102 Å². The van der Waals surface area contributed by atoms with E-state index in [1.807, 2.05) is 39.0 Å². The van der Waals surface area contributed by atoms with Gasteiger partial charge in [0.2, 0.25) is 0 Å². The van der Waals surface area contributed by atoms with Crippen molar-refractivity contribution in [3.63, 3.8) is 0 Å². The summed E-state index contributed by atoms with van der Waals surface area (Å²) >= 11 is 0. The lowest BCUT2D eigenvalue weighted by Gasteiger charge is -2.16. The standard InChI is InChI=1S/C14H20O3/c1-4-5-6-12(14(15)16)17-13-9-10(2)7-8-11(13)3/h7-9,12H,4-6H2,1-3H3,(H,15,16).